The van der Waals surface area contributed by atoms with Crippen molar-refractivity contribution in [1.29, 1.82) is 0 Å². The Bertz CT molecular complexity index is 779. The number of nitrogens with one attached hydrogen (secondary N) is 1. The Hall–Kier alpha value is -1.74. The number of esters is 1. The summed E-state index contributed by atoms with van der Waals surface area (Å²) in [6.45, 7) is -0.367. The summed E-state index contributed by atoms with van der Waals surface area (Å²) in [5.74, 6) is -0.624. The van der Waals surface area contributed by atoms with Crippen LogP contribution in [0.4, 0.5) is 5.69 Å². The van der Waals surface area contributed by atoms with Gasteiger partial charge in [0.05, 0.1) is 5.56 Å². The molecule has 0 fully saturated rings. The van der Waals surface area contributed by atoms with Crippen molar-refractivity contribution in [2.24, 2.45) is 0 Å². The largest absolute Gasteiger partial charge is 0.452 e. The van der Waals surface area contributed by atoms with Crippen LogP contribution in [-0.2, 0) is 26.1 Å². The van der Waals surface area contributed by atoms with Gasteiger partial charge in [-0.2, -0.15) is 0 Å². The molecule has 0 aliphatic rings. The van der Waals surface area contributed by atoms with Crippen LogP contribution in [0.1, 0.15) is 15.9 Å². The van der Waals surface area contributed by atoms with Crippen LogP contribution in [0.3, 0.4) is 0 Å². The Kier molecular flexibility index (Phi) is 6.92. The molecular weight excluding hydrogens is 441 g/mol. The van der Waals surface area contributed by atoms with Crippen LogP contribution in [-0.4, -0.2) is 28.9 Å². The lowest BCUT2D eigenvalue weighted by Gasteiger charge is -2.08. The van der Waals surface area contributed by atoms with Crippen molar-refractivity contribution >= 4 is 51.0 Å². The van der Waals surface area contributed by atoms with Gasteiger partial charge in [-0.25, -0.2) is 4.79 Å². The number of hydrogen-bond acceptors (Lipinski definition) is 4. The predicted octanol–water partition coefficient (Wildman–Crippen LogP) is 2.97. The minimum atomic E-state index is -0.991. The summed E-state index contributed by atoms with van der Waals surface area (Å²) in [6.07, 6.45) is 1.60. The molecule has 0 aliphatic carbocycles. The number of ether oxygens (including phenoxy) is 1. The van der Waals surface area contributed by atoms with Crippen molar-refractivity contribution in [2.45, 2.75) is 5.75 Å². The zero-order valence-electron chi connectivity index (χ0n) is 13.0. The Labute approximate surface area is 156 Å². The molecule has 2 rings (SSSR count). The number of carbonyl (C=O) groups is 2. The highest BCUT2D eigenvalue weighted by atomic mass is 127. The first-order chi connectivity index (χ1) is 11.4. The molecule has 7 heteroatoms. The van der Waals surface area contributed by atoms with Crippen LogP contribution in [0.15, 0.2) is 48.5 Å². The van der Waals surface area contributed by atoms with Gasteiger partial charge in [0.15, 0.2) is 6.61 Å². The second-order valence-electron chi connectivity index (χ2n) is 5.05. The Morgan fingerprint density at radius 2 is 1.92 bits per heavy atom. The fourth-order valence-electron chi connectivity index (χ4n) is 2.00. The molecule has 2 aromatic carbocycles. The monoisotopic (exact) mass is 457 g/mol. The minimum Gasteiger partial charge on any atom is -0.452 e. The minimum absolute atomic E-state index is 0.333. The number of halogens is 1. The molecule has 0 aromatic heterocycles. The molecule has 0 saturated heterocycles. The van der Waals surface area contributed by atoms with E-state index in [0.717, 1.165) is 9.13 Å². The molecule has 5 nitrogen and oxygen atoms in total. The first-order valence-corrected chi connectivity index (χ1v) is 9.86. The zero-order valence-corrected chi connectivity index (χ0v) is 15.9. The van der Waals surface area contributed by atoms with E-state index in [1.54, 1.807) is 36.6 Å². The lowest BCUT2D eigenvalue weighted by molar-refractivity contribution is -0.119. The number of hydrogen-bond donors (Lipinski definition) is 1. The molecule has 0 radical (unpaired) electrons. The van der Waals surface area contributed by atoms with Crippen LogP contribution in [0.2, 0.25) is 0 Å². The van der Waals surface area contributed by atoms with E-state index in [1.807, 2.05) is 18.2 Å². The van der Waals surface area contributed by atoms with Crippen LogP contribution in [0.25, 0.3) is 0 Å². The van der Waals surface area contributed by atoms with Gasteiger partial charge in [-0.1, -0.05) is 18.2 Å². The first kappa shape index (κ1) is 18.6. The predicted molar refractivity (Wildman–Crippen MR) is 102 cm³/mol. The standard InChI is InChI=1S/C17H16INO4S/c1-24(22)11-12-4-2-5-13(8-12)17(21)23-10-16(20)19-15-7-3-6-14(18)9-15/h2-9H,10-11H2,1H3,(H,19,20). The maximum absolute atomic E-state index is 12.0. The zero-order chi connectivity index (χ0) is 17.5. The third-order valence-corrected chi connectivity index (χ3v) is 4.39. The molecule has 0 spiro atoms. The lowest BCUT2D eigenvalue weighted by Crippen LogP contribution is -2.21. The van der Waals surface area contributed by atoms with Gasteiger partial charge in [0.2, 0.25) is 0 Å². The topological polar surface area (TPSA) is 72.5 Å². The van der Waals surface area contributed by atoms with Gasteiger partial charge in [-0.3, -0.25) is 9.00 Å². The third-order valence-electron chi connectivity index (χ3n) is 2.98. The normalized spacial score (nSPS) is 11.6. The van der Waals surface area contributed by atoms with E-state index in [9.17, 15) is 13.8 Å². The molecule has 1 unspecified atom stereocenters. The Morgan fingerprint density at radius 1 is 1.17 bits per heavy atom. The molecule has 0 bridgehead atoms. The van der Waals surface area contributed by atoms with Crippen molar-refractivity contribution in [2.75, 3.05) is 18.2 Å². The number of rotatable bonds is 6. The Morgan fingerprint density at radius 3 is 2.62 bits per heavy atom. The number of benzene rings is 2. The van der Waals surface area contributed by atoms with E-state index < -0.39 is 22.7 Å². The lowest BCUT2D eigenvalue weighted by atomic mass is 10.1. The van der Waals surface area contributed by atoms with Crippen molar-refractivity contribution in [3.8, 4) is 0 Å². The quantitative estimate of drug-likeness (QED) is 0.535. The van der Waals surface area contributed by atoms with Crippen LogP contribution < -0.4 is 5.32 Å². The van der Waals surface area contributed by atoms with Gasteiger partial charge in [0.25, 0.3) is 5.91 Å². The summed E-state index contributed by atoms with van der Waals surface area (Å²) in [5.41, 5.74) is 1.77. The van der Waals surface area contributed by atoms with Gasteiger partial charge in [-0.05, 0) is 58.5 Å². The van der Waals surface area contributed by atoms with Gasteiger partial charge in [0.1, 0.15) is 0 Å². The van der Waals surface area contributed by atoms with Gasteiger partial charge in [0, 0.05) is 32.1 Å². The summed E-state index contributed by atoms with van der Waals surface area (Å²) >= 11 is 2.14. The summed E-state index contributed by atoms with van der Waals surface area (Å²) in [4.78, 5) is 23.9. The molecule has 0 aliphatic heterocycles. The smallest absolute Gasteiger partial charge is 0.338 e. The molecule has 2 aromatic rings. The average Bonchev–Trinajstić information content (AvgIpc) is 2.52. The second-order valence-corrected chi connectivity index (χ2v) is 7.73. The van der Waals surface area contributed by atoms with Crippen molar-refractivity contribution in [3.05, 3.63) is 63.2 Å². The maximum atomic E-state index is 12.0. The van der Waals surface area contributed by atoms with Crippen LogP contribution in [0, 0.1) is 3.57 Å². The highest BCUT2D eigenvalue weighted by molar-refractivity contribution is 14.1. The van der Waals surface area contributed by atoms with E-state index >= 15 is 0 Å². The number of amides is 1. The van der Waals surface area contributed by atoms with Crippen molar-refractivity contribution in [1.82, 2.24) is 0 Å². The van der Waals surface area contributed by atoms with E-state index in [2.05, 4.69) is 27.9 Å². The van der Waals surface area contributed by atoms with Crippen molar-refractivity contribution < 1.29 is 18.5 Å². The fraction of sp³-hybridized carbons (Fsp3) is 0.176. The Balaban J connectivity index is 1.90. The molecular formula is C17H16INO4S. The molecule has 24 heavy (non-hydrogen) atoms. The number of anilines is 1. The van der Waals surface area contributed by atoms with Crippen LogP contribution in [0.5, 0.6) is 0 Å². The maximum Gasteiger partial charge on any atom is 0.338 e. The first-order valence-electron chi connectivity index (χ1n) is 7.05. The molecule has 1 N–H and O–H groups in total. The second kappa shape index (κ2) is 8.93. The van der Waals surface area contributed by atoms with Gasteiger partial charge in [-0.15, -0.1) is 0 Å². The molecule has 0 saturated carbocycles. The van der Waals surface area contributed by atoms with E-state index in [4.69, 9.17) is 4.74 Å². The molecule has 1 amide bonds. The third kappa shape index (κ3) is 6.04. The highest BCUT2D eigenvalue weighted by Crippen LogP contribution is 2.12. The molecule has 126 valence electrons. The summed E-state index contributed by atoms with van der Waals surface area (Å²) in [6, 6.07) is 14.0. The summed E-state index contributed by atoms with van der Waals surface area (Å²) in [7, 11) is -0.991. The summed E-state index contributed by atoms with van der Waals surface area (Å²) in [5, 5.41) is 2.67. The van der Waals surface area contributed by atoms with Crippen LogP contribution >= 0.6 is 22.6 Å². The van der Waals surface area contributed by atoms with Gasteiger partial charge >= 0.3 is 5.97 Å². The van der Waals surface area contributed by atoms with E-state index in [0.29, 0.717) is 17.0 Å². The van der Waals surface area contributed by atoms with Gasteiger partial charge < -0.3 is 10.1 Å². The van der Waals surface area contributed by atoms with E-state index in [-0.39, 0.29) is 6.61 Å². The summed E-state index contributed by atoms with van der Waals surface area (Å²) < 4.78 is 17.3. The SMILES string of the molecule is CS(=O)Cc1cccc(C(=O)OCC(=O)Nc2cccc(I)c2)c1. The molecule has 0 heterocycles. The highest BCUT2D eigenvalue weighted by Gasteiger charge is 2.11. The van der Waals surface area contributed by atoms with E-state index in [1.165, 1.54) is 0 Å². The fourth-order valence-corrected chi connectivity index (χ4v) is 3.19. The number of carbonyl (C=O) groups excluding carboxylic acids is 2. The van der Waals surface area contributed by atoms with Crippen molar-refractivity contribution in [3.63, 3.8) is 0 Å². The molecule has 1 atom stereocenters. The average molecular weight is 457 g/mol.